The van der Waals surface area contributed by atoms with E-state index < -0.39 is 0 Å². The van der Waals surface area contributed by atoms with Crippen molar-refractivity contribution >= 4 is 0 Å². The van der Waals surface area contributed by atoms with Crippen molar-refractivity contribution < 1.29 is 0 Å². The van der Waals surface area contributed by atoms with Crippen LogP contribution in [-0.2, 0) is 6.42 Å². The van der Waals surface area contributed by atoms with Gasteiger partial charge in [-0.1, -0.05) is 37.6 Å². The fourth-order valence-electron chi connectivity index (χ4n) is 2.15. The third-order valence-electron chi connectivity index (χ3n) is 3.31. The molecule has 0 saturated carbocycles. The highest BCUT2D eigenvalue weighted by Crippen LogP contribution is 2.16. The van der Waals surface area contributed by atoms with Gasteiger partial charge in [0, 0.05) is 0 Å². The summed E-state index contributed by atoms with van der Waals surface area (Å²) < 4.78 is 0. The Balaban J connectivity index is 2.39. The van der Waals surface area contributed by atoms with Gasteiger partial charge in [0.2, 0.25) is 0 Å². The summed E-state index contributed by atoms with van der Waals surface area (Å²) in [6, 6.07) is 6.78. The summed E-state index contributed by atoms with van der Waals surface area (Å²) in [4.78, 5) is 0. The van der Waals surface area contributed by atoms with Crippen molar-refractivity contribution in [3.8, 4) is 0 Å². The Morgan fingerprint density at radius 2 is 1.94 bits per heavy atom. The van der Waals surface area contributed by atoms with Crippen LogP contribution in [0.1, 0.15) is 43.4 Å². The lowest BCUT2D eigenvalue weighted by Gasteiger charge is -2.14. The molecule has 0 aliphatic heterocycles. The molecule has 0 fully saturated rings. The summed E-state index contributed by atoms with van der Waals surface area (Å²) in [5.74, 6) is 0.764. The van der Waals surface area contributed by atoms with Crippen molar-refractivity contribution in [1.29, 1.82) is 0 Å². The standard InChI is InChI=1S/C16H27N/c1-5-9-17-10-8-14(3)12-16-11-13(2)6-7-15(16)4/h6-7,11,14,17H,5,8-10,12H2,1-4H3. The molecule has 0 radical (unpaired) electrons. The van der Waals surface area contributed by atoms with Crippen LogP contribution in [0.25, 0.3) is 0 Å². The molecule has 1 atom stereocenters. The van der Waals surface area contributed by atoms with E-state index in [1.54, 1.807) is 0 Å². The summed E-state index contributed by atoms with van der Waals surface area (Å²) in [7, 11) is 0. The molecule has 0 amide bonds. The van der Waals surface area contributed by atoms with Gasteiger partial charge >= 0.3 is 0 Å². The molecular formula is C16H27N. The second-order valence-electron chi connectivity index (χ2n) is 5.28. The number of hydrogen-bond acceptors (Lipinski definition) is 1. The highest BCUT2D eigenvalue weighted by Gasteiger charge is 2.06. The van der Waals surface area contributed by atoms with Crippen LogP contribution in [0.5, 0.6) is 0 Å². The van der Waals surface area contributed by atoms with Crippen molar-refractivity contribution in [3.63, 3.8) is 0 Å². The minimum atomic E-state index is 0.764. The van der Waals surface area contributed by atoms with E-state index in [1.165, 1.54) is 36.0 Å². The lowest BCUT2D eigenvalue weighted by molar-refractivity contribution is 0.497. The number of aryl methyl sites for hydroxylation is 2. The second-order valence-corrected chi connectivity index (χ2v) is 5.28. The smallest absolute Gasteiger partial charge is 0.00463 e. The van der Waals surface area contributed by atoms with Gasteiger partial charge in [-0.3, -0.25) is 0 Å². The molecule has 1 aromatic rings. The zero-order valence-corrected chi connectivity index (χ0v) is 11.8. The molecule has 0 spiro atoms. The van der Waals surface area contributed by atoms with Crippen molar-refractivity contribution in [1.82, 2.24) is 5.32 Å². The van der Waals surface area contributed by atoms with Gasteiger partial charge in [0.1, 0.15) is 0 Å². The fraction of sp³-hybridized carbons (Fsp3) is 0.625. The normalized spacial score (nSPS) is 12.7. The Kier molecular flexibility index (Phi) is 6.28. The van der Waals surface area contributed by atoms with Crippen LogP contribution in [0.4, 0.5) is 0 Å². The van der Waals surface area contributed by atoms with Crippen molar-refractivity contribution in [2.24, 2.45) is 5.92 Å². The van der Waals surface area contributed by atoms with E-state index in [4.69, 9.17) is 0 Å². The quantitative estimate of drug-likeness (QED) is 0.705. The summed E-state index contributed by atoms with van der Waals surface area (Å²) >= 11 is 0. The molecule has 0 aromatic heterocycles. The molecule has 1 rings (SSSR count). The highest BCUT2D eigenvalue weighted by atomic mass is 14.8. The molecular weight excluding hydrogens is 206 g/mol. The van der Waals surface area contributed by atoms with E-state index in [2.05, 4.69) is 51.2 Å². The van der Waals surface area contributed by atoms with E-state index >= 15 is 0 Å². The molecule has 0 aliphatic carbocycles. The number of rotatable bonds is 7. The van der Waals surface area contributed by atoms with Gasteiger partial charge < -0.3 is 5.32 Å². The lowest BCUT2D eigenvalue weighted by atomic mass is 9.94. The van der Waals surface area contributed by atoms with Crippen LogP contribution in [0.2, 0.25) is 0 Å². The number of benzene rings is 1. The van der Waals surface area contributed by atoms with Gasteiger partial charge in [-0.05, 0) is 63.2 Å². The predicted octanol–water partition coefficient (Wildman–Crippen LogP) is 3.87. The largest absolute Gasteiger partial charge is 0.317 e. The Bertz CT molecular complexity index is 330. The van der Waals surface area contributed by atoms with E-state index in [0.29, 0.717) is 0 Å². The molecule has 0 saturated heterocycles. The van der Waals surface area contributed by atoms with Gasteiger partial charge in [0.25, 0.3) is 0 Å². The first-order valence-electron chi connectivity index (χ1n) is 6.90. The SMILES string of the molecule is CCCNCCC(C)Cc1cc(C)ccc1C. The number of nitrogens with one attached hydrogen (secondary N) is 1. The zero-order valence-electron chi connectivity index (χ0n) is 11.8. The minimum absolute atomic E-state index is 0.764. The highest BCUT2D eigenvalue weighted by molar-refractivity contribution is 5.30. The fourth-order valence-corrected chi connectivity index (χ4v) is 2.15. The first kappa shape index (κ1) is 14.2. The van der Waals surface area contributed by atoms with Gasteiger partial charge in [-0.2, -0.15) is 0 Å². The molecule has 1 nitrogen and oxygen atoms in total. The first-order chi connectivity index (χ1) is 8.13. The monoisotopic (exact) mass is 233 g/mol. The van der Waals surface area contributed by atoms with Crippen molar-refractivity contribution in [2.75, 3.05) is 13.1 Å². The van der Waals surface area contributed by atoms with E-state index in [-0.39, 0.29) is 0 Å². The van der Waals surface area contributed by atoms with Gasteiger partial charge in [-0.25, -0.2) is 0 Å². The van der Waals surface area contributed by atoms with E-state index in [0.717, 1.165) is 19.0 Å². The molecule has 0 bridgehead atoms. The zero-order chi connectivity index (χ0) is 12.7. The van der Waals surface area contributed by atoms with Gasteiger partial charge in [-0.15, -0.1) is 0 Å². The average molecular weight is 233 g/mol. The predicted molar refractivity (Wildman–Crippen MR) is 76.6 cm³/mol. The lowest BCUT2D eigenvalue weighted by Crippen LogP contribution is -2.18. The van der Waals surface area contributed by atoms with Crippen molar-refractivity contribution in [2.45, 2.75) is 47.0 Å². The Labute approximate surface area is 107 Å². The van der Waals surface area contributed by atoms with E-state index in [1.807, 2.05) is 0 Å². The Morgan fingerprint density at radius 1 is 1.18 bits per heavy atom. The third kappa shape index (κ3) is 5.36. The van der Waals surface area contributed by atoms with Crippen LogP contribution >= 0.6 is 0 Å². The Hall–Kier alpha value is -0.820. The maximum atomic E-state index is 3.48. The molecule has 0 aliphatic rings. The third-order valence-corrected chi connectivity index (χ3v) is 3.31. The summed E-state index contributed by atoms with van der Waals surface area (Å²) in [5, 5.41) is 3.48. The molecule has 0 heterocycles. The summed E-state index contributed by atoms with van der Waals surface area (Å²) in [5.41, 5.74) is 4.33. The Morgan fingerprint density at radius 3 is 2.65 bits per heavy atom. The topological polar surface area (TPSA) is 12.0 Å². The maximum Gasteiger partial charge on any atom is -0.00463 e. The van der Waals surface area contributed by atoms with Crippen LogP contribution in [0.3, 0.4) is 0 Å². The van der Waals surface area contributed by atoms with Crippen LogP contribution in [0.15, 0.2) is 18.2 Å². The molecule has 1 N–H and O–H groups in total. The van der Waals surface area contributed by atoms with Gasteiger partial charge in [0.15, 0.2) is 0 Å². The van der Waals surface area contributed by atoms with Crippen LogP contribution in [0, 0.1) is 19.8 Å². The summed E-state index contributed by atoms with van der Waals surface area (Å²) in [6.07, 6.45) is 3.71. The maximum absolute atomic E-state index is 3.48. The van der Waals surface area contributed by atoms with Gasteiger partial charge in [0.05, 0.1) is 0 Å². The van der Waals surface area contributed by atoms with Crippen molar-refractivity contribution in [3.05, 3.63) is 34.9 Å². The average Bonchev–Trinajstić information content (AvgIpc) is 2.29. The molecule has 96 valence electrons. The minimum Gasteiger partial charge on any atom is -0.317 e. The molecule has 17 heavy (non-hydrogen) atoms. The second kappa shape index (κ2) is 7.50. The van der Waals surface area contributed by atoms with Crippen LogP contribution in [-0.4, -0.2) is 13.1 Å². The molecule has 1 heteroatoms. The molecule has 1 unspecified atom stereocenters. The van der Waals surface area contributed by atoms with Crippen LogP contribution < -0.4 is 5.32 Å². The molecule has 1 aromatic carbocycles. The van der Waals surface area contributed by atoms with E-state index in [9.17, 15) is 0 Å². The number of hydrogen-bond donors (Lipinski definition) is 1. The summed E-state index contributed by atoms with van der Waals surface area (Å²) in [6.45, 7) is 11.3. The first-order valence-corrected chi connectivity index (χ1v) is 6.90.